The van der Waals surface area contributed by atoms with Gasteiger partial charge in [-0.1, -0.05) is 0 Å². The van der Waals surface area contributed by atoms with Crippen LogP contribution in [0.15, 0.2) is 42.5 Å². The van der Waals surface area contributed by atoms with Gasteiger partial charge in [0.1, 0.15) is 11.6 Å². The molecule has 6 nitrogen and oxygen atoms in total. The standard InChI is InChI=1S/C21H23F2N3O3/c1-13-11-26(12-14(2)29-13)21(28)15-3-6-17(7-4-15)24-10-20(27)25-19-9-16(22)5-8-18(19)23/h3-9,13-14,24H,10-12H2,1-2H3,(H,25,27). The Morgan fingerprint density at radius 2 is 1.72 bits per heavy atom. The van der Waals surface area contributed by atoms with Gasteiger partial charge in [0.15, 0.2) is 0 Å². The van der Waals surface area contributed by atoms with E-state index in [1.54, 1.807) is 29.2 Å². The predicted molar refractivity (Wildman–Crippen MR) is 106 cm³/mol. The molecule has 0 spiro atoms. The highest BCUT2D eigenvalue weighted by atomic mass is 19.1. The molecule has 1 saturated heterocycles. The molecule has 8 heteroatoms. The van der Waals surface area contributed by atoms with Crippen molar-refractivity contribution in [2.75, 3.05) is 30.3 Å². The van der Waals surface area contributed by atoms with Crippen LogP contribution in [0.4, 0.5) is 20.2 Å². The van der Waals surface area contributed by atoms with Crippen molar-refractivity contribution in [3.05, 3.63) is 59.7 Å². The molecular formula is C21H23F2N3O3. The Kier molecular flexibility index (Phi) is 6.43. The van der Waals surface area contributed by atoms with E-state index in [1.807, 2.05) is 13.8 Å². The van der Waals surface area contributed by atoms with Crippen LogP contribution < -0.4 is 10.6 Å². The van der Waals surface area contributed by atoms with Crippen molar-refractivity contribution in [3.8, 4) is 0 Å². The van der Waals surface area contributed by atoms with Crippen LogP contribution in [0.25, 0.3) is 0 Å². The molecule has 0 aliphatic carbocycles. The normalized spacial score (nSPS) is 19.0. The molecule has 29 heavy (non-hydrogen) atoms. The van der Waals surface area contributed by atoms with Gasteiger partial charge in [0.05, 0.1) is 24.4 Å². The first kappa shape index (κ1) is 20.7. The highest BCUT2D eigenvalue weighted by molar-refractivity contribution is 5.95. The number of rotatable bonds is 5. The first-order chi connectivity index (χ1) is 13.8. The van der Waals surface area contributed by atoms with Crippen LogP contribution in [0.5, 0.6) is 0 Å². The largest absolute Gasteiger partial charge is 0.376 e. The van der Waals surface area contributed by atoms with Crippen molar-refractivity contribution in [3.63, 3.8) is 0 Å². The molecule has 1 fully saturated rings. The van der Waals surface area contributed by atoms with Crippen molar-refractivity contribution in [1.82, 2.24) is 4.90 Å². The molecule has 1 aliphatic rings. The minimum atomic E-state index is -0.714. The first-order valence-electron chi connectivity index (χ1n) is 9.35. The number of carbonyl (C=O) groups is 2. The van der Waals surface area contributed by atoms with Crippen molar-refractivity contribution < 1.29 is 23.1 Å². The van der Waals surface area contributed by atoms with Gasteiger partial charge in [-0.05, 0) is 50.2 Å². The third-order valence-electron chi connectivity index (χ3n) is 4.49. The summed E-state index contributed by atoms with van der Waals surface area (Å²) in [7, 11) is 0. The molecule has 0 radical (unpaired) electrons. The highest BCUT2D eigenvalue weighted by Crippen LogP contribution is 2.17. The smallest absolute Gasteiger partial charge is 0.254 e. The lowest BCUT2D eigenvalue weighted by Crippen LogP contribution is -2.48. The summed E-state index contributed by atoms with van der Waals surface area (Å²) in [6.07, 6.45) is -0.0184. The maximum atomic E-state index is 13.6. The third-order valence-corrected chi connectivity index (χ3v) is 4.49. The van der Waals surface area contributed by atoms with Crippen molar-refractivity contribution >= 4 is 23.2 Å². The second kappa shape index (κ2) is 9.00. The molecule has 0 bridgehead atoms. The van der Waals surface area contributed by atoms with E-state index < -0.39 is 17.5 Å². The third kappa shape index (κ3) is 5.51. The molecule has 3 rings (SSSR count). The Morgan fingerprint density at radius 1 is 1.07 bits per heavy atom. The Morgan fingerprint density at radius 3 is 2.38 bits per heavy atom. The highest BCUT2D eigenvalue weighted by Gasteiger charge is 2.26. The molecule has 2 aromatic rings. The minimum Gasteiger partial charge on any atom is -0.376 e. The summed E-state index contributed by atoms with van der Waals surface area (Å²) in [6, 6.07) is 9.59. The number of nitrogens with zero attached hydrogens (tertiary/aromatic N) is 1. The van der Waals surface area contributed by atoms with Crippen LogP contribution >= 0.6 is 0 Å². The number of benzene rings is 2. The number of hydrogen-bond acceptors (Lipinski definition) is 4. The number of carbonyl (C=O) groups excluding carboxylic acids is 2. The summed E-state index contributed by atoms with van der Waals surface area (Å²) in [5.41, 5.74) is 0.954. The van der Waals surface area contributed by atoms with Crippen molar-refractivity contribution in [2.45, 2.75) is 26.1 Å². The first-order valence-corrected chi connectivity index (χ1v) is 9.35. The van der Waals surface area contributed by atoms with Crippen LogP contribution in [-0.2, 0) is 9.53 Å². The van der Waals surface area contributed by atoms with E-state index in [0.717, 1.165) is 18.2 Å². The van der Waals surface area contributed by atoms with Gasteiger partial charge < -0.3 is 20.3 Å². The fourth-order valence-corrected chi connectivity index (χ4v) is 3.23. The van der Waals surface area contributed by atoms with Crippen molar-refractivity contribution in [1.29, 1.82) is 0 Å². The second-order valence-electron chi connectivity index (χ2n) is 7.07. The summed E-state index contributed by atoms with van der Waals surface area (Å²) in [5.74, 6) is -1.95. The van der Waals surface area contributed by atoms with Gasteiger partial charge in [0, 0.05) is 30.4 Å². The zero-order valence-corrected chi connectivity index (χ0v) is 16.2. The fraction of sp³-hybridized carbons (Fsp3) is 0.333. The van der Waals surface area contributed by atoms with Crippen LogP contribution in [0, 0.1) is 11.6 Å². The second-order valence-corrected chi connectivity index (χ2v) is 7.07. The number of halogens is 2. The maximum absolute atomic E-state index is 13.6. The lowest BCUT2D eigenvalue weighted by atomic mass is 10.1. The molecule has 1 heterocycles. The van der Waals surface area contributed by atoms with Crippen molar-refractivity contribution in [2.24, 2.45) is 0 Å². The molecule has 1 aliphatic heterocycles. The van der Waals surface area contributed by atoms with E-state index in [0.29, 0.717) is 24.3 Å². The number of ether oxygens (including phenoxy) is 1. The Hall–Kier alpha value is -3.00. The Bertz CT molecular complexity index is 879. The number of anilines is 2. The van der Waals surface area contributed by atoms with E-state index in [1.165, 1.54) is 0 Å². The summed E-state index contributed by atoms with van der Waals surface area (Å²) in [5, 5.41) is 5.20. The molecule has 2 N–H and O–H groups in total. The van der Waals surface area contributed by atoms with Gasteiger partial charge in [-0.25, -0.2) is 8.78 Å². The van der Waals surface area contributed by atoms with E-state index in [-0.39, 0.29) is 30.3 Å². The zero-order valence-electron chi connectivity index (χ0n) is 16.2. The summed E-state index contributed by atoms with van der Waals surface area (Å²) < 4.78 is 32.4. The van der Waals surface area contributed by atoms with Crippen LogP contribution in [0.1, 0.15) is 24.2 Å². The molecule has 154 valence electrons. The van der Waals surface area contributed by atoms with E-state index >= 15 is 0 Å². The quantitative estimate of drug-likeness (QED) is 0.804. The molecule has 0 aromatic heterocycles. The van der Waals surface area contributed by atoms with Gasteiger partial charge in [-0.2, -0.15) is 0 Å². The van der Waals surface area contributed by atoms with Crippen LogP contribution in [0.3, 0.4) is 0 Å². The number of morpholine rings is 1. The van der Waals surface area contributed by atoms with Crippen LogP contribution in [-0.4, -0.2) is 48.6 Å². The molecule has 2 atom stereocenters. The lowest BCUT2D eigenvalue weighted by molar-refractivity contribution is -0.114. The lowest BCUT2D eigenvalue weighted by Gasteiger charge is -2.35. The summed E-state index contributed by atoms with van der Waals surface area (Å²) >= 11 is 0. The zero-order chi connectivity index (χ0) is 21.0. The monoisotopic (exact) mass is 403 g/mol. The van der Waals surface area contributed by atoms with E-state index in [4.69, 9.17) is 4.74 Å². The summed E-state index contributed by atoms with van der Waals surface area (Å²) in [6.45, 7) is 4.81. The minimum absolute atomic E-state index is 0.00919. The van der Waals surface area contributed by atoms with Gasteiger partial charge in [-0.3, -0.25) is 9.59 Å². The molecule has 2 amide bonds. The van der Waals surface area contributed by atoms with Gasteiger partial charge in [0.2, 0.25) is 5.91 Å². The van der Waals surface area contributed by atoms with Gasteiger partial charge in [-0.15, -0.1) is 0 Å². The average molecular weight is 403 g/mol. The van der Waals surface area contributed by atoms with Gasteiger partial charge in [0.25, 0.3) is 5.91 Å². The van der Waals surface area contributed by atoms with Gasteiger partial charge >= 0.3 is 0 Å². The number of nitrogens with one attached hydrogen (secondary N) is 2. The average Bonchev–Trinajstić information content (AvgIpc) is 2.68. The molecule has 2 unspecified atom stereocenters. The number of hydrogen-bond donors (Lipinski definition) is 2. The summed E-state index contributed by atoms with van der Waals surface area (Å²) in [4.78, 5) is 26.4. The fourth-order valence-electron chi connectivity index (χ4n) is 3.23. The van der Waals surface area contributed by atoms with E-state index in [9.17, 15) is 18.4 Å². The Labute approximate surface area is 167 Å². The molecular weight excluding hydrogens is 380 g/mol. The van der Waals surface area contributed by atoms with E-state index in [2.05, 4.69) is 10.6 Å². The molecule has 0 saturated carbocycles. The Balaban J connectivity index is 1.54. The SMILES string of the molecule is CC1CN(C(=O)c2ccc(NCC(=O)Nc3cc(F)ccc3F)cc2)CC(C)O1. The van der Waals surface area contributed by atoms with Crippen LogP contribution in [0.2, 0.25) is 0 Å². The topological polar surface area (TPSA) is 70.7 Å². The molecule has 2 aromatic carbocycles. The number of amides is 2. The predicted octanol–water partition coefficient (Wildman–Crippen LogP) is 3.26. The maximum Gasteiger partial charge on any atom is 0.254 e.